The molecule has 1 N–H and O–H groups in total. The van der Waals surface area contributed by atoms with E-state index in [0.717, 1.165) is 53.0 Å². The minimum atomic E-state index is 0.107. The van der Waals surface area contributed by atoms with Crippen LogP contribution < -0.4 is 5.32 Å². The van der Waals surface area contributed by atoms with Crippen LogP contribution in [0, 0.1) is 13.8 Å². The van der Waals surface area contributed by atoms with Gasteiger partial charge in [-0.05, 0) is 73.9 Å². The lowest BCUT2D eigenvalue weighted by Crippen LogP contribution is -2.46. The van der Waals surface area contributed by atoms with Crippen molar-refractivity contribution >= 4 is 21.8 Å². The first kappa shape index (κ1) is 17.2. The number of likely N-dealkylation sites (N-methyl/N-ethyl adjacent to an activating group) is 1. The second-order valence-electron chi connectivity index (χ2n) is 6.32. The number of halogens is 1. The first-order valence-corrected chi connectivity index (χ1v) is 9.09. The summed E-state index contributed by atoms with van der Waals surface area (Å²) in [5.74, 6) is 0.107. The largest absolute Gasteiger partial charge is 0.337 e. The lowest BCUT2D eigenvalue weighted by atomic mass is 10.0. The van der Waals surface area contributed by atoms with Crippen LogP contribution in [0.2, 0.25) is 0 Å². The molecule has 1 saturated heterocycles. The van der Waals surface area contributed by atoms with Crippen LogP contribution >= 0.6 is 15.9 Å². The Kier molecular flexibility index (Phi) is 5.06. The van der Waals surface area contributed by atoms with E-state index in [0.29, 0.717) is 6.04 Å². The molecule has 6 heteroatoms. The lowest BCUT2D eigenvalue weighted by molar-refractivity contribution is 0.0698. The number of carbonyl (C=O) groups is 1. The van der Waals surface area contributed by atoms with Crippen LogP contribution in [0.4, 0.5) is 0 Å². The molecule has 1 fully saturated rings. The molecule has 128 valence electrons. The van der Waals surface area contributed by atoms with E-state index in [1.807, 2.05) is 54.7 Å². The average molecular weight is 391 g/mol. The number of aryl methyl sites for hydroxylation is 1. The molecule has 0 saturated carbocycles. The van der Waals surface area contributed by atoms with Crippen LogP contribution in [0.1, 0.15) is 34.6 Å². The van der Waals surface area contributed by atoms with Gasteiger partial charge in [-0.25, -0.2) is 4.68 Å². The van der Waals surface area contributed by atoms with Crippen molar-refractivity contribution in [3.05, 3.63) is 45.7 Å². The van der Waals surface area contributed by atoms with Crippen molar-refractivity contribution in [2.75, 3.05) is 20.1 Å². The van der Waals surface area contributed by atoms with Crippen molar-refractivity contribution in [1.82, 2.24) is 20.0 Å². The lowest BCUT2D eigenvalue weighted by Gasteiger charge is -2.32. The quantitative estimate of drug-likeness (QED) is 0.875. The van der Waals surface area contributed by atoms with Crippen LogP contribution in [0.25, 0.3) is 5.69 Å². The van der Waals surface area contributed by atoms with Gasteiger partial charge >= 0.3 is 0 Å². The van der Waals surface area contributed by atoms with Gasteiger partial charge in [0, 0.05) is 24.7 Å². The van der Waals surface area contributed by atoms with Gasteiger partial charge in [-0.1, -0.05) is 0 Å². The summed E-state index contributed by atoms with van der Waals surface area (Å²) in [6, 6.07) is 8.10. The molecular formula is C18H23BrN4O. The van der Waals surface area contributed by atoms with Gasteiger partial charge in [-0.15, -0.1) is 0 Å². The number of hydrogen-bond donors (Lipinski definition) is 1. The summed E-state index contributed by atoms with van der Waals surface area (Å²) in [5, 5.41) is 7.81. The van der Waals surface area contributed by atoms with Crippen LogP contribution in [0.3, 0.4) is 0 Å². The second-order valence-corrected chi connectivity index (χ2v) is 7.12. The molecule has 2 heterocycles. The highest BCUT2D eigenvalue weighted by Gasteiger charge is 2.23. The third kappa shape index (κ3) is 3.26. The number of nitrogens with zero attached hydrogens (tertiary/aromatic N) is 3. The van der Waals surface area contributed by atoms with Crippen molar-refractivity contribution in [2.45, 2.75) is 32.7 Å². The third-order valence-corrected chi connectivity index (χ3v) is 5.83. The SMILES string of the molecule is CNC1CCCN(C(=O)c2ccc(-n3nc(C)c(Br)c3C)cc2)C1. The van der Waals surface area contributed by atoms with Gasteiger partial charge in [0.05, 0.1) is 21.5 Å². The van der Waals surface area contributed by atoms with Crippen LogP contribution in [-0.2, 0) is 0 Å². The summed E-state index contributed by atoms with van der Waals surface area (Å²) < 4.78 is 2.92. The molecule has 3 rings (SSSR count). The predicted molar refractivity (Wildman–Crippen MR) is 98.7 cm³/mol. The van der Waals surface area contributed by atoms with Gasteiger partial charge in [0.2, 0.25) is 0 Å². The Balaban J connectivity index is 1.79. The van der Waals surface area contributed by atoms with Gasteiger partial charge in [0.15, 0.2) is 0 Å². The van der Waals surface area contributed by atoms with Crippen LogP contribution in [0.15, 0.2) is 28.7 Å². The molecule has 5 nitrogen and oxygen atoms in total. The number of hydrogen-bond acceptors (Lipinski definition) is 3. The zero-order valence-electron chi connectivity index (χ0n) is 14.3. The van der Waals surface area contributed by atoms with Gasteiger partial charge in [0.25, 0.3) is 5.91 Å². The Hall–Kier alpha value is -1.66. The summed E-state index contributed by atoms with van der Waals surface area (Å²) in [5.41, 5.74) is 3.71. The second kappa shape index (κ2) is 7.07. The predicted octanol–water partition coefficient (Wildman–Crippen LogP) is 3.08. The topological polar surface area (TPSA) is 50.2 Å². The van der Waals surface area contributed by atoms with Gasteiger partial charge < -0.3 is 10.2 Å². The number of nitrogens with one attached hydrogen (secondary N) is 1. The monoisotopic (exact) mass is 390 g/mol. The first-order valence-electron chi connectivity index (χ1n) is 8.30. The van der Waals surface area contributed by atoms with E-state index in [2.05, 4.69) is 26.3 Å². The highest BCUT2D eigenvalue weighted by atomic mass is 79.9. The Bertz CT molecular complexity index is 738. The average Bonchev–Trinajstić information content (AvgIpc) is 2.88. The van der Waals surface area contributed by atoms with Crippen molar-refractivity contribution < 1.29 is 4.79 Å². The summed E-state index contributed by atoms with van der Waals surface area (Å²) in [7, 11) is 1.96. The molecule has 1 aromatic heterocycles. The molecule has 24 heavy (non-hydrogen) atoms. The smallest absolute Gasteiger partial charge is 0.253 e. The number of aromatic nitrogens is 2. The minimum absolute atomic E-state index is 0.107. The molecule has 0 aliphatic carbocycles. The molecule has 0 radical (unpaired) electrons. The van der Waals surface area contributed by atoms with E-state index in [-0.39, 0.29) is 5.91 Å². The summed E-state index contributed by atoms with van der Waals surface area (Å²) in [4.78, 5) is 14.6. The van der Waals surface area contributed by atoms with Crippen LogP contribution in [0.5, 0.6) is 0 Å². The third-order valence-electron chi connectivity index (χ3n) is 4.68. The molecule has 1 aliphatic rings. The zero-order valence-corrected chi connectivity index (χ0v) is 15.9. The highest BCUT2D eigenvalue weighted by Crippen LogP contribution is 2.23. The number of piperidine rings is 1. The molecule has 0 spiro atoms. The maximum atomic E-state index is 12.7. The van der Waals surface area contributed by atoms with E-state index in [1.54, 1.807) is 0 Å². The van der Waals surface area contributed by atoms with Crippen molar-refractivity contribution in [3.8, 4) is 5.69 Å². The van der Waals surface area contributed by atoms with E-state index >= 15 is 0 Å². The van der Waals surface area contributed by atoms with Crippen molar-refractivity contribution in [2.24, 2.45) is 0 Å². The number of amides is 1. The van der Waals surface area contributed by atoms with Gasteiger partial charge in [0.1, 0.15) is 0 Å². The minimum Gasteiger partial charge on any atom is -0.337 e. The maximum absolute atomic E-state index is 12.7. The van der Waals surface area contributed by atoms with Gasteiger partial charge in [-0.2, -0.15) is 5.10 Å². The fourth-order valence-corrected chi connectivity index (χ4v) is 3.45. The molecule has 2 aromatic rings. The Morgan fingerprint density at radius 1 is 1.29 bits per heavy atom. The van der Waals surface area contributed by atoms with E-state index in [4.69, 9.17) is 0 Å². The number of carbonyl (C=O) groups excluding carboxylic acids is 1. The van der Waals surface area contributed by atoms with E-state index in [1.165, 1.54) is 0 Å². The number of likely N-dealkylation sites (tertiary alicyclic amines) is 1. The normalized spacial score (nSPS) is 18.0. The molecule has 0 bridgehead atoms. The molecule has 1 unspecified atom stereocenters. The fraction of sp³-hybridized carbons (Fsp3) is 0.444. The summed E-state index contributed by atoms with van der Waals surface area (Å²) in [6.07, 6.45) is 2.18. The highest BCUT2D eigenvalue weighted by molar-refractivity contribution is 9.10. The molecule has 1 aromatic carbocycles. The molecular weight excluding hydrogens is 368 g/mol. The van der Waals surface area contributed by atoms with Gasteiger partial charge in [-0.3, -0.25) is 4.79 Å². The Morgan fingerprint density at radius 3 is 2.58 bits per heavy atom. The standard InChI is InChI=1S/C18H23BrN4O/c1-12-17(19)13(2)23(21-12)16-8-6-14(7-9-16)18(24)22-10-4-5-15(11-22)20-3/h6-9,15,20H,4-5,10-11H2,1-3H3. The Morgan fingerprint density at radius 2 is 2.00 bits per heavy atom. The molecule has 1 atom stereocenters. The summed E-state index contributed by atoms with van der Waals surface area (Å²) in [6.45, 7) is 5.61. The Labute approximate surface area is 151 Å². The van der Waals surface area contributed by atoms with Crippen molar-refractivity contribution in [1.29, 1.82) is 0 Å². The van der Waals surface area contributed by atoms with Crippen LogP contribution in [-0.4, -0.2) is 46.8 Å². The fourth-order valence-electron chi connectivity index (χ4n) is 3.20. The van der Waals surface area contributed by atoms with E-state index in [9.17, 15) is 4.79 Å². The summed E-state index contributed by atoms with van der Waals surface area (Å²) >= 11 is 3.55. The van der Waals surface area contributed by atoms with E-state index < -0.39 is 0 Å². The zero-order chi connectivity index (χ0) is 17.3. The first-order chi connectivity index (χ1) is 11.5. The molecule has 1 amide bonds. The number of benzene rings is 1. The number of rotatable bonds is 3. The maximum Gasteiger partial charge on any atom is 0.253 e. The molecule has 1 aliphatic heterocycles. The van der Waals surface area contributed by atoms with Crippen molar-refractivity contribution in [3.63, 3.8) is 0 Å².